The minimum Gasteiger partial charge on any atom is -0.481 e. The molecular weight excluding hydrogens is 346 g/mol. The van der Waals surface area contributed by atoms with Crippen LogP contribution in [0.2, 0.25) is 0 Å². The predicted octanol–water partition coefficient (Wildman–Crippen LogP) is 3.47. The van der Waals surface area contributed by atoms with Crippen LogP contribution >= 0.6 is 0 Å². The summed E-state index contributed by atoms with van der Waals surface area (Å²) < 4.78 is 5.72. The number of carbonyl (C=O) groups is 3. The molecule has 0 unspecified atom stereocenters. The number of ketones is 1. The number of likely N-dealkylation sites (tertiary alicyclic amines) is 1. The maximum Gasteiger partial charge on any atom is 0.308 e. The van der Waals surface area contributed by atoms with E-state index in [1.807, 2.05) is 6.92 Å². The summed E-state index contributed by atoms with van der Waals surface area (Å²) in [6, 6.07) is 13.5. The fourth-order valence-electron chi connectivity index (χ4n) is 3.20. The Bertz CT molecular complexity index is 857. The minimum atomic E-state index is -0.864. The zero-order chi connectivity index (χ0) is 19.6. The Morgan fingerprint density at radius 3 is 1.89 bits per heavy atom. The standard InChI is InChI=1S/C21H21NO5/c1-13-11-22(12-19(13)21(25)26)20(24)16-5-9-18(10-6-16)27-17-7-3-15(4-8-17)14(2)23/h3-10,13,19H,11-12H2,1-2H3,(H,25,26)/t13-,19-/m1/s1. The molecule has 140 valence electrons. The fraction of sp³-hybridized carbons (Fsp3) is 0.286. The van der Waals surface area contributed by atoms with Gasteiger partial charge in [-0.1, -0.05) is 6.92 Å². The second-order valence-corrected chi connectivity index (χ2v) is 6.84. The van der Waals surface area contributed by atoms with Crippen LogP contribution in [0.5, 0.6) is 11.5 Å². The summed E-state index contributed by atoms with van der Waals surface area (Å²) in [7, 11) is 0. The number of aliphatic carboxylic acids is 1. The molecule has 0 aliphatic carbocycles. The molecule has 1 amide bonds. The van der Waals surface area contributed by atoms with Crippen molar-refractivity contribution in [2.75, 3.05) is 13.1 Å². The van der Waals surface area contributed by atoms with Crippen LogP contribution in [0.4, 0.5) is 0 Å². The van der Waals surface area contributed by atoms with E-state index >= 15 is 0 Å². The third kappa shape index (κ3) is 4.16. The van der Waals surface area contributed by atoms with Gasteiger partial charge in [0.1, 0.15) is 11.5 Å². The number of carboxylic acid groups (broad SMARTS) is 1. The Morgan fingerprint density at radius 2 is 1.44 bits per heavy atom. The summed E-state index contributed by atoms with van der Waals surface area (Å²) in [5.74, 6) is -0.468. The van der Waals surface area contributed by atoms with Crippen LogP contribution in [-0.4, -0.2) is 40.8 Å². The second-order valence-electron chi connectivity index (χ2n) is 6.84. The molecule has 1 saturated heterocycles. The molecule has 2 aromatic rings. The van der Waals surface area contributed by atoms with E-state index in [4.69, 9.17) is 4.74 Å². The molecule has 1 heterocycles. The van der Waals surface area contributed by atoms with Crippen molar-refractivity contribution < 1.29 is 24.2 Å². The highest BCUT2D eigenvalue weighted by molar-refractivity contribution is 5.95. The van der Waals surface area contributed by atoms with Gasteiger partial charge < -0.3 is 14.7 Å². The zero-order valence-corrected chi connectivity index (χ0v) is 15.2. The summed E-state index contributed by atoms with van der Waals surface area (Å²) in [4.78, 5) is 36.7. The minimum absolute atomic E-state index is 0.00853. The van der Waals surface area contributed by atoms with E-state index in [1.165, 1.54) is 6.92 Å². The first-order valence-corrected chi connectivity index (χ1v) is 8.76. The van der Waals surface area contributed by atoms with Crippen LogP contribution in [0.25, 0.3) is 0 Å². The molecular formula is C21H21NO5. The van der Waals surface area contributed by atoms with Gasteiger partial charge in [0.25, 0.3) is 5.91 Å². The van der Waals surface area contributed by atoms with Crippen LogP contribution in [0, 0.1) is 11.8 Å². The topological polar surface area (TPSA) is 83.9 Å². The largest absolute Gasteiger partial charge is 0.481 e. The molecule has 0 saturated carbocycles. The smallest absolute Gasteiger partial charge is 0.308 e. The lowest BCUT2D eigenvalue weighted by atomic mass is 9.99. The van der Waals surface area contributed by atoms with Crippen LogP contribution < -0.4 is 4.74 Å². The van der Waals surface area contributed by atoms with Crippen molar-refractivity contribution in [3.05, 3.63) is 59.7 Å². The Hall–Kier alpha value is -3.15. The maximum absolute atomic E-state index is 12.6. The van der Waals surface area contributed by atoms with Crippen molar-refractivity contribution >= 4 is 17.7 Å². The highest BCUT2D eigenvalue weighted by atomic mass is 16.5. The third-order valence-corrected chi connectivity index (χ3v) is 4.81. The van der Waals surface area contributed by atoms with Gasteiger partial charge >= 0.3 is 5.97 Å². The Morgan fingerprint density at radius 1 is 0.926 bits per heavy atom. The van der Waals surface area contributed by atoms with E-state index in [2.05, 4.69) is 0 Å². The van der Waals surface area contributed by atoms with E-state index in [1.54, 1.807) is 53.4 Å². The molecule has 1 aliphatic heterocycles. The van der Waals surface area contributed by atoms with Gasteiger partial charge in [-0.3, -0.25) is 14.4 Å². The number of rotatable bonds is 5. The molecule has 1 aliphatic rings. The number of hydrogen-bond acceptors (Lipinski definition) is 4. The van der Waals surface area contributed by atoms with Gasteiger partial charge in [0.15, 0.2) is 5.78 Å². The molecule has 1 fully saturated rings. The van der Waals surface area contributed by atoms with Crippen molar-refractivity contribution in [2.24, 2.45) is 11.8 Å². The molecule has 3 rings (SSSR count). The van der Waals surface area contributed by atoms with Crippen LogP contribution in [0.1, 0.15) is 34.6 Å². The van der Waals surface area contributed by atoms with E-state index in [-0.39, 0.29) is 24.2 Å². The number of amides is 1. The normalized spacial score (nSPS) is 19.0. The average Bonchev–Trinajstić information content (AvgIpc) is 3.04. The molecule has 6 heteroatoms. The van der Waals surface area contributed by atoms with Crippen molar-refractivity contribution in [2.45, 2.75) is 13.8 Å². The number of benzene rings is 2. The Kier molecular flexibility index (Phi) is 5.26. The summed E-state index contributed by atoms with van der Waals surface area (Å²) in [6.07, 6.45) is 0. The lowest BCUT2D eigenvalue weighted by molar-refractivity contribution is -0.142. The van der Waals surface area contributed by atoms with Gasteiger partial charge in [-0.25, -0.2) is 0 Å². The zero-order valence-electron chi connectivity index (χ0n) is 15.2. The summed E-state index contributed by atoms with van der Waals surface area (Å²) in [6.45, 7) is 4.03. The number of nitrogens with zero attached hydrogens (tertiary/aromatic N) is 1. The Balaban J connectivity index is 1.65. The average molecular weight is 367 g/mol. The number of carbonyl (C=O) groups excluding carboxylic acids is 2. The number of hydrogen-bond donors (Lipinski definition) is 1. The van der Waals surface area contributed by atoms with E-state index in [0.717, 1.165) is 0 Å². The van der Waals surface area contributed by atoms with E-state index in [9.17, 15) is 19.5 Å². The van der Waals surface area contributed by atoms with Gasteiger partial charge in [0.05, 0.1) is 5.92 Å². The first-order chi connectivity index (χ1) is 12.8. The first-order valence-electron chi connectivity index (χ1n) is 8.76. The fourth-order valence-corrected chi connectivity index (χ4v) is 3.20. The molecule has 6 nitrogen and oxygen atoms in total. The summed E-state index contributed by atoms with van der Waals surface area (Å²) in [5, 5.41) is 9.20. The third-order valence-electron chi connectivity index (χ3n) is 4.81. The van der Waals surface area contributed by atoms with E-state index in [0.29, 0.717) is 29.2 Å². The number of carboxylic acids is 1. The number of Topliss-reactive ketones (excluding diaryl/α,β-unsaturated/α-hetero) is 1. The van der Waals surface area contributed by atoms with Crippen molar-refractivity contribution in [3.8, 4) is 11.5 Å². The van der Waals surface area contributed by atoms with Crippen molar-refractivity contribution in [1.29, 1.82) is 0 Å². The highest BCUT2D eigenvalue weighted by Crippen LogP contribution is 2.26. The van der Waals surface area contributed by atoms with E-state index < -0.39 is 11.9 Å². The molecule has 0 radical (unpaired) electrons. The first kappa shape index (κ1) is 18.6. The molecule has 0 spiro atoms. The molecule has 2 aromatic carbocycles. The SMILES string of the molecule is CC(=O)c1ccc(Oc2ccc(C(=O)N3C[C@@H](C)[C@H](C(=O)O)C3)cc2)cc1. The molecule has 27 heavy (non-hydrogen) atoms. The van der Waals surface area contributed by atoms with Crippen LogP contribution in [0.15, 0.2) is 48.5 Å². The lowest BCUT2D eigenvalue weighted by Gasteiger charge is -2.16. The molecule has 2 atom stereocenters. The van der Waals surface area contributed by atoms with Gasteiger partial charge in [0, 0.05) is 24.2 Å². The van der Waals surface area contributed by atoms with Crippen LogP contribution in [-0.2, 0) is 4.79 Å². The second kappa shape index (κ2) is 7.61. The van der Waals surface area contributed by atoms with Crippen molar-refractivity contribution in [1.82, 2.24) is 4.90 Å². The monoisotopic (exact) mass is 367 g/mol. The lowest BCUT2D eigenvalue weighted by Crippen LogP contribution is -2.29. The van der Waals surface area contributed by atoms with Gasteiger partial charge in [-0.15, -0.1) is 0 Å². The van der Waals surface area contributed by atoms with Gasteiger partial charge in [-0.2, -0.15) is 0 Å². The van der Waals surface area contributed by atoms with Gasteiger partial charge in [-0.05, 0) is 61.4 Å². The highest BCUT2D eigenvalue weighted by Gasteiger charge is 2.37. The number of ether oxygens (including phenoxy) is 1. The Labute approximate surface area is 157 Å². The van der Waals surface area contributed by atoms with Crippen molar-refractivity contribution in [3.63, 3.8) is 0 Å². The molecule has 0 aromatic heterocycles. The maximum atomic E-state index is 12.6. The summed E-state index contributed by atoms with van der Waals surface area (Å²) >= 11 is 0. The van der Waals surface area contributed by atoms with Gasteiger partial charge in [0.2, 0.25) is 0 Å². The molecule has 0 bridgehead atoms. The predicted molar refractivity (Wildman–Crippen MR) is 99.2 cm³/mol. The van der Waals surface area contributed by atoms with Crippen LogP contribution in [0.3, 0.4) is 0 Å². The molecule has 1 N–H and O–H groups in total. The quantitative estimate of drug-likeness (QED) is 0.818. The summed E-state index contributed by atoms with van der Waals surface area (Å²) in [5.41, 5.74) is 1.11.